The molecule has 3 unspecified atom stereocenters. The number of carbonyl (C=O) groups is 4. The zero-order valence-electron chi connectivity index (χ0n) is 21.6. The van der Waals surface area contributed by atoms with Crippen LogP contribution in [-0.2, 0) is 19.6 Å². The number of nitrogens with zero attached hydrogens (tertiary/aromatic N) is 4. The van der Waals surface area contributed by atoms with Gasteiger partial charge in [-0.2, -0.15) is 4.31 Å². The first kappa shape index (κ1) is 27.7. The number of hydrogen-bond donors (Lipinski definition) is 1. The molecule has 2 aliphatic rings. The third-order valence-corrected chi connectivity index (χ3v) is 9.81. The molecule has 208 valence electrons. The summed E-state index contributed by atoms with van der Waals surface area (Å²) in [5.74, 6) is -1.33. The molecular formula is C27H27N5O6S2. The van der Waals surface area contributed by atoms with Crippen LogP contribution in [0, 0.1) is 0 Å². The van der Waals surface area contributed by atoms with Gasteiger partial charge in [0.25, 0.3) is 15.9 Å². The maximum atomic E-state index is 13.6. The summed E-state index contributed by atoms with van der Waals surface area (Å²) >= 11 is 1.25. The molecule has 40 heavy (non-hydrogen) atoms. The first-order chi connectivity index (χ1) is 19.2. The monoisotopic (exact) mass is 581 g/mol. The SMILES string of the molecule is CCCC(NC(=O)c1ccc(-c2ccccn2)s1)C(=O)N1CCC2C1C(=O)CN2S(=O)(=O)C(=O)c1ccccn1. The third kappa shape index (κ3) is 5.19. The summed E-state index contributed by atoms with van der Waals surface area (Å²) in [4.78, 5) is 63.2. The number of hydrogen-bond acceptors (Lipinski definition) is 9. The highest BCUT2D eigenvalue weighted by Gasteiger charge is 2.55. The Kier molecular flexibility index (Phi) is 7.88. The number of rotatable bonds is 8. The van der Waals surface area contributed by atoms with Crippen LogP contribution in [0.4, 0.5) is 0 Å². The third-order valence-electron chi connectivity index (χ3n) is 7.01. The first-order valence-corrected chi connectivity index (χ1v) is 15.1. The highest BCUT2D eigenvalue weighted by atomic mass is 32.2. The molecule has 3 atom stereocenters. The molecule has 5 rings (SSSR count). The zero-order valence-corrected chi connectivity index (χ0v) is 23.2. The van der Waals surface area contributed by atoms with Crippen LogP contribution in [0.15, 0.2) is 60.9 Å². The van der Waals surface area contributed by atoms with Crippen LogP contribution >= 0.6 is 11.3 Å². The van der Waals surface area contributed by atoms with E-state index < -0.39 is 57.4 Å². The van der Waals surface area contributed by atoms with Crippen LogP contribution in [-0.4, -0.2) is 81.5 Å². The number of sulfonamides is 1. The van der Waals surface area contributed by atoms with E-state index in [0.29, 0.717) is 17.7 Å². The molecule has 0 bridgehead atoms. The van der Waals surface area contributed by atoms with Gasteiger partial charge in [-0.05, 0) is 49.2 Å². The minimum Gasteiger partial charge on any atom is -0.340 e. The smallest absolute Gasteiger partial charge is 0.310 e. The number of ketones is 1. The first-order valence-electron chi connectivity index (χ1n) is 12.8. The standard InChI is InChI=1S/C27H27N5O6S2/c1-2-7-18(30-25(34)23-11-10-22(39-23)17-8-3-5-13-28-17)26(35)31-15-12-20-24(31)21(33)16-32(20)40(37,38)27(36)19-9-4-6-14-29-19/h3-6,8-11,13-14,18,20,24H,2,7,12,15-16H2,1H3,(H,30,34). The fourth-order valence-corrected chi connectivity index (χ4v) is 7.50. The summed E-state index contributed by atoms with van der Waals surface area (Å²) in [5.41, 5.74) is 0.492. The lowest BCUT2D eigenvalue weighted by Crippen LogP contribution is -2.52. The van der Waals surface area contributed by atoms with Crippen molar-refractivity contribution >= 4 is 44.1 Å². The normalized spacial score (nSPS) is 19.8. The average Bonchev–Trinajstić information content (AvgIpc) is 3.70. The number of aromatic nitrogens is 2. The van der Waals surface area contributed by atoms with Gasteiger partial charge in [-0.1, -0.05) is 25.5 Å². The Labute approximate surface area is 235 Å². The van der Waals surface area contributed by atoms with Gasteiger partial charge in [0.15, 0.2) is 5.78 Å². The van der Waals surface area contributed by atoms with E-state index in [1.54, 1.807) is 30.5 Å². The fraction of sp³-hybridized carbons (Fsp3) is 0.333. The van der Waals surface area contributed by atoms with Gasteiger partial charge < -0.3 is 10.2 Å². The largest absolute Gasteiger partial charge is 0.340 e. The molecule has 3 aromatic heterocycles. The maximum Gasteiger partial charge on any atom is 0.310 e. The van der Waals surface area contributed by atoms with Crippen LogP contribution in [0.1, 0.15) is 46.3 Å². The second kappa shape index (κ2) is 11.4. The lowest BCUT2D eigenvalue weighted by atomic mass is 10.1. The number of amides is 2. The van der Waals surface area contributed by atoms with Crippen LogP contribution in [0.25, 0.3) is 10.6 Å². The van der Waals surface area contributed by atoms with Gasteiger partial charge in [-0.3, -0.25) is 29.1 Å². The summed E-state index contributed by atoms with van der Waals surface area (Å²) in [6, 6.07) is 10.5. The molecule has 2 saturated heterocycles. The topological polar surface area (TPSA) is 147 Å². The minimum atomic E-state index is -4.53. The molecule has 2 aliphatic heterocycles. The summed E-state index contributed by atoms with van der Waals surface area (Å²) < 4.78 is 27.2. The Morgan fingerprint density at radius 2 is 1.82 bits per heavy atom. The Bertz CT molecular complexity index is 1540. The van der Waals surface area contributed by atoms with E-state index in [-0.39, 0.29) is 18.7 Å². The predicted molar refractivity (Wildman–Crippen MR) is 147 cm³/mol. The number of carbonyl (C=O) groups excluding carboxylic acids is 4. The summed E-state index contributed by atoms with van der Waals surface area (Å²) in [5, 5.41) is 1.61. The number of nitrogens with one attached hydrogen (secondary N) is 1. The van der Waals surface area contributed by atoms with Crippen molar-refractivity contribution in [3.05, 3.63) is 71.5 Å². The number of thiophene rings is 1. The highest BCUT2D eigenvalue weighted by Crippen LogP contribution is 2.33. The van der Waals surface area contributed by atoms with E-state index >= 15 is 0 Å². The summed E-state index contributed by atoms with van der Waals surface area (Å²) in [7, 11) is -4.53. The van der Waals surface area contributed by atoms with Crippen LogP contribution in [0.2, 0.25) is 0 Å². The van der Waals surface area contributed by atoms with E-state index in [0.717, 1.165) is 14.9 Å². The molecule has 5 heterocycles. The molecule has 2 amide bonds. The van der Waals surface area contributed by atoms with E-state index in [9.17, 15) is 27.6 Å². The van der Waals surface area contributed by atoms with Crippen molar-refractivity contribution in [2.45, 2.75) is 44.3 Å². The van der Waals surface area contributed by atoms with Crippen molar-refractivity contribution in [2.24, 2.45) is 0 Å². The van der Waals surface area contributed by atoms with Crippen LogP contribution < -0.4 is 5.32 Å². The number of Topliss-reactive ketones (excluding diaryl/α,β-unsaturated/α-hetero) is 1. The molecule has 1 N–H and O–H groups in total. The second-order valence-electron chi connectivity index (χ2n) is 9.55. The molecule has 0 radical (unpaired) electrons. The zero-order chi connectivity index (χ0) is 28.4. The summed E-state index contributed by atoms with van der Waals surface area (Å²) in [6.07, 6.45) is 4.11. The van der Waals surface area contributed by atoms with Crippen molar-refractivity contribution in [2.75, 3.05) is 13.1 Å². The van der Waals surface area contributed by atoms with Crippen molar-refractivity contribution < 1.29 is 27.6 Å². The molecule has 2 fully saturated rings. The van der Waals surface area contributed by atoms with Gasteiger partial charge in [0.2, 0.25) is 5.91 Å². The van der Waals surface area contributed by atoms with Gasteiger partial charge in [0.05, 0.1) is 28.0 Å². The molecule has 11 nitrogen and oxygen atoms in total. The molecule has 0 aromatic carbocycles. The van der Waals surface area contributed by atoms with Gasteiger partial charge >= 0.3 is 5.12 Å². The Hall–Kier alpha value is -3.81. The van der Waals surface area contributed by atoms with Gasteiger partial charge in [-0.25, -0.2) is 8.42 Å². The predicted octanol–water partition coefficient (Wildman–Crippen LogP) is 2.13. The van der Waals surface area contributed by atoms with E-state index in [1.165, 1.54) is 34.6 Å². The minimum absolute atomic E-state index is 0.128. The lowest BCUT2D eigenvalue weighted by molar-refractivity contribution is -0.138. The number of fused-ring (bicyclic) bond motifs is 1. The van der Waals surface area contributed by atoms with Gasteiger partial charge in [-0.15, -0.1) is 11.3 Å². The highest BCUT2D eigenvalue weighted by molar-refractivity contribution is 8.04. The van der Waals surface area contributed by atoms with E-state index in [2.05, 4.69) is 15.3 Å². The Morgan fingerprint density at radius 1 is 1.07 bits per heavy atom. The molecule has 0 aliphatic carbocycles. The van der Waals surface area contributed by atoms with Crippen molar-refractivity contribution in [1.82, 2.24) is 24.5 Å². The molecule has 0 spiro atoms. The molecule has 3 aromatic rings. The lowest BCUT2D eigenvalue weighted by Gasteiger charge is -2.28. The van der Waals surface area contributed by atoms with Gasteiger partial charge in [0, 0.05) is 18.9 Å². The van der Waals surface area contributed by atoms with E-state index in [4.69, 9.17) is 0 Å². The Morgan fingerprint density at radius 3 is 2.50 bits per heavy atom. The maximum absolute atomic E-state index is 13.6. The quantitative estimate of drug-likeness (QED) is 0.426. The second-order valence-corrected chi connectivity index (χ2v) is 12.4. The number of pyridine rings is 2. The Balaban J connectivity index is 1.31. The average molecular weight is 582 g/mol. The van der Waals surface area contributed by atoms with Crippen molar-refractivity contribution in [3.8, 4) is 10.6 Å². The van der Waals surface area contributed by atoms with Crippen molar-refractivity contribution in [1.29, 1.82) is 0 Å². The number of likely N-dealkylation sites (tertiary alicyclic amines) is 1. The molecule has 0 saturated carbocycles. The molecular weight excluding hydrogens is 554 g/mol. The van der Waals surface area contributed by atoms with E-state index in [1.807, 2.05) is 19.1 Å². The van der Waals surface area contributed by atoms with Crippen molar-refractivity contribution in [3.63, 3.8) is 0 Å². The summed E-state index contributed by atoms with van der Waals surface area (Å²) in [6.45, 7) is 1.50. The van der Waals surface area contributed by atoms with Crippen LogP contribution in [0.5, 0.6) is 0 Å². The fourth-order valence-electron chi connectivity index (χ4n) is 5.14. The van der Waals surface area contributed by atoms with Crippen LogP contribution in [0.3, 0.4) is 0 Å². The van der Waals surface area contributed by atoms with Gasteiger partial charge in [0.1, 0.15) is 17.8 Å². The molecule has 13 heteroatoms.